The van der Waals surface area contributed by atoms with Crippen LogP contribution in [0, 0.1) is 0 Å². The number of amides is 3. The fourth-order valence-electron chi connectivity index (χ4n) is 5.97. The highest BCUT2D eigenvalue weighted by molar-refractivity contribution is 6.01. The number of urea groups is 1. The lowest BCUT2D eigenvalue weighted by molar-refractivity contribution is 0.0485. The SMILES string of the molecule is CC(Nc1ccnc(-n2cnc3ccccc32)n1)C1CN(C(=O)Nc2cccc3ccccc23)CCN1C(=O)OCc1ccccc1. The van der Waals surface area contributed by atoms with Gasteiger partial charge in [-0.25, -0.2) is 19.6 Å². The van der Waals surface area contributed by atoms with Gasteiger partial charge in [0.2, 0.25) is 5.95 Å². The van der Waals surface area contributed by atoms with Gasteiger partial charge < -0.3 is 20.3 Å². The van der Waals surface area contributed by atoms with Crippen molar-refractivity contribution in [1.29, 1.82) is 0 Å². The molecule has 0 aliphatic carbocycles. The molecule has 4 aromatic carbocycles. The van der Waals surface area contributed by atoms with Crippen molar-refractivity contribution in [2.45, 2.75) is 25.6 Å². The van der Waals surface area contributed by atoms with Gasteiger partial charge in [0, 0.05) is 37.3 Å². The Kier molecular flexibility index (Phi) is 8.33. The molecule has 3 amide bonds. The summed E-state index contributed by atoms with van der Waals surface area (Å²) in [6.45, 7) is 3.08. The van der Waals surface area contributed by atoms with E-state index in [1.54, 1.807) is 28.4 Å². The van der Waals surface area contributed by atoms with E-state index in [0.29, 0.717) is 24.9 Å². The molecule has 0 spiro atoms. The summed E-state index contributed by atoms with van der Waals surface area (Å²) >= 11 is 0. The highest BCUT2D eigenvalue weighted by atomic mass is 16.6. The minimum absolute atomic E-state index is 0.157. The van der Waals surface area contributed by atoms with Crippen LogP contribution >= 0.6 is 0 Å². The van der Waals surface area contributed by atoms with Crippen molar-refractivity contribution in [3.8, 4) is 5.95 Å². The molecule has 47 heavy (non-hydrogen) atoms. The number of piperazine rings is 1. The summed E-state index contributed by atoms with van der Waals surface area (Å²) in [7, 11) is 0. The second-order valence-corrected chi connectivity index (χ2v) is 11.5. The first-order chi connectivity index (χ1) is 23.0. The molecule has 0 saturated carbocycles. The van der Waals surface area contributed by atoms with Crippen LogP contribution in [0.2, 0.25) is 0 Å². The molecule has 2 aromatic heterocycles. The zero-order valence-corrected chi connectivity index (χ0v) is 25.9. The molecule has 1 aliphatic heterocycles. The number of ether oxygens (including phenoxy) is 1. The van der Waals surface area contributed by atoms with E-state index >= 15 is 0 Å². The maximum atomic E-state index is 13.6. The predicted molar refractivity (Wildman–Crippen MR) is 181 cm³/mol. The fraction of sp³-hybridized carbons (Fsp3) is 0.194. The Balaban J connectivity index is 1.11. The third kappa shape index (κ3) is 6.41. The van der Waals surface area contributed by atoms with Crippen LogP contribution < -0.4 is 10.6 Å². The molecular formula is C36H34N8O3. The number of nitrogens with one attached hydrogen (secondary N) is 2. The maximum absolute atomic E-state index is 13.6. The number of hydrogen-bond acceptors (Lipinski definition) is 7. The number of para-hydroxylation sites is 2. The van der Waals surface area contributed by atoms with E-state index in [-0.39, 0.29) is 25.2 Å². The van der Waals surface area contributed by atoms with Crippen molar-refractivity contribution >= 4 is 45.4 Å². The van der Waals surface area contributed by atoms with Crippen molar-refractivity contribution in [2.24, 2.45) is 0 Å². The van der Waals surface area contributed by atoms with Gasteiger partial charge in [0.15, 0.2) is 0 Å². The molecule has 236 valence electrons. The van der Waals surface area contributed by atoms with Gasteiger partial charge in [-0.05, 0) is 42.1 Å². The Labute approximate surface area is 271 Å². The lowest BCUT2D eigenvalue weighted by Gasteiger charge is -2.43. The summed E-state index contributed by atoms with van der Waals surface area (Å²) < 4.78 is 7.58. The second kappa shape index (κ2) is 13.2. The molecule has 11 nitrogen and oxygen atoms in total. The number of carbonyl (C=O) groups is 2. The number of carbonyl (C=O) groups excluding carboxylic acids is 2. The van der Waals surface area contributed by atoms with Crippen LogP contribution in [-0.2, 0) is 11.3 Å². The lowest BCUT2D eigenvalue weighted by atomic mass is 10.0. The van der Waals surface area contributed by atoms with E-state index < -0.39 is 12.1 Å². The summed E-state index contributed by atoms with van der Waals surface area (Å²) in [6.07, 6.45) is 2.95. The van der Waals surface area contributed by atoms with E-state index in [0.717, 1.165) is 33.1 Å². The van der Waals surface area contributed by atoms with Crippen LogP contribution in [0.15, 0.2) is 116 Å². The molecule has 2 unspecified atom stereocenters. The van der Waals surface area contributed by atoms with Gasteiger partial charge in [-0.2, -0.15) is 4.98 Å². The number of anilines is 2. The van der Waals surface area contributed by atoms with Gasteiger partial charge in [0.1, 0.15) is 18.8 Å². The Morgan fingerprint density at radius 3 is 2.57 bits per heavy atom. The third-order valence-electron chi connectivity index (χ3n) is 8.44. The van der Waals surface area contributed by atoms with Crippen LogP contribution in [-0.4, -0.2) is 73.2 Å². The minimum atomic E-state index is -0.435. The molecule has 0 bridgehead atoms. The Morgan fingerprint density at radius 1 is 0.894 bits per heavy atom. The Bertz CT molecular complexity index is 2030. The third-order valence-corrected chi connectivity index (χ3v) is 8.44. The highest BCUT2D eigenvalue weighted by Gasteiger charge is 2.37. The number of hydrogen-bond donors (Lipinski definition) is 2. The van der Waals surface area contributed by atoms with Gasteiger partial charge >= 0.3 is 12.1 Å². The zero-order valence-electron chi connectivity index (χ0n) is 25.9. The highest BCUT2D eigenvalue weighted by Crippen LogP contribution is 2.25. The first-order valence-corrected chi connectivity index (χ1v) is 15.6. The number of rotatable bonds is 7. The number of imidazole rings is 1. The molecule has 1 fully saturated rings. The van der Waals surface area contributed by atoms with Crippen molar-refractivity contribution in [2.75, 3.05) is 30.3 Å². The Hall–Kier alpha value is -5.97. The summed E-state index contributed by atoms with van der Waals surface area (Å²) in [4.78, 5) is 44.3. The maximum Gasteiger partial charge on any atom is 0.410 e. The van der Waals surface area contributed by atoms with E-state index in [1.165, 1.54) is 0 Å². The molecule has 1 saturated heterocycles. The Morgan fingerprint density at radius 2 is 1.68 bits per heavy atom. The van der Waals surface area contributed by atoms with Crippen LogP contribution in [0.5, 0.6) is 0 Å². The molecule has 3 heterocycles. The van der Waals surface area contributed by atoms with Gasteiger partial charge in [0.05, 0.1) is 22.8 Å². The molecule has 11 heteroatoms. The fourth-order valence-corrected chi connectivity index (χ4v) is 5.97. The van der Waals surface area contributed by atoms with Crippen LogP contribution in [0.1, 0.15) is 12.5 Å². The quantitative estimate of drug-likeness (QED) is 0.213. The zero-order chi connectivity index (χ0) is 32.2. The van der Waals surface area contributed by atoms with Crippen molar-refractivity contribution < 1.29 is 14.3 Å². The minimum Gasteiger partial charge on any atom is -0.445 e. The van der Waals surface area contributed by atoms with E-state index in [9.17, 15) is 9.59 Å². The molecule has 2 N–H and O–H groups in total. The molecule has 7 rings (SSSR count). The standard InChI is InChI=1S/C36H34N8O3/c1-25(39-33-18-19-37-34(41-33)44-24-38-30-15-7-8-17-31(30)44)32-22-42(20-21-43(32)36(46)47-23-26-10-3-2-4-11-26)35(45)40-29-16-9-13-27-12-5-6-14-28(27)29/h2-19,24-25,32H,20-23H2,1H3,(H,40,45)(H,37,39,41). The first kappa shape index (κ1) is 29.7. The topological polar surface area (TPSA) is 118 Å². The molecule has 0 radical (unpaired) electrons. The summed E-state index contributed by atoms with van der Waals surface area (Å²) in [5.74, 6) is 1.05. The normalized spacial score (nSPS) is 15.4. The average molecular weight is 627 g/mol. The summed E-state index contributed by atoms with van der Waals surface area (Å²) in [5, 5.41) is 8.56. The van der Waals surface area contributed by atoms with Crippen LogP contribution in [0.3, 0.4) is 0 Å². The molecular weight excluding hydrogens is 592 g/mol. The van der Waals surface area contributed by atoms with Crippen molar-refractivity contribution in [3.05, 3.63) is 121 Å². The largest absolute Gasteiger partial charge is 0.445 e. The number of aromatic nitrogens is 4. The van der Waals surface area contributed by atoms with Gasteiger partial charge in [-0.3, -0.25) is 9.47 Å². The van der Waals surface area contributed by atoms with E-state index in [1.807, 2.05) is 109 Å². The molecule has 1 aliphatic rings. The van der Waals surface area contributed by atoms with Gasteiger partial charge in [-0.15, -0.1) is 0 Å². The number of nitrogens with zero attached hydrogens (tertiary/aromatic N) is 6. The number of benzene rings is 4. The number of fused-ring (bicyclic) bond motifs is 2. The van der Waals surface area contributed by atoms with E-state index in [2.05, 4.69) is 20.6 Å². The van der Waals surface area contributed by atoms with Crippen LogP contribution in [0.4, 0.5) is 21.1 Å². The van der Waals surface area contributed by atoms with Gasteiger partial charge in [0.25, 0.3) is 0 Å². The summed E-state index contributed by atoms with van der Waals surface area (Å²) in [6, 6.07) is 32.0. The smallest absolute Gasteiger partial charge is 0.410 e. The van der Waals surface area contributed by atoms with Gasteiger partial charge in [-0.1, -0.05) is 78.9 Å². The van der Waals surface area contributed by atoms with Crippen molar-refractivity contribution in [3.63, 3.8) is 0 Å². The van der Waals surface area contributed by atoms with E-state index in [4.69, 9.17) is 9.72 Å². The first-order valence-electron chi connectivity index (χ1n) is 15.6. The molecule has 2 atom stereocenters. The predicted octanol–water partition coefficient (Wildman–Crippen LogP) is 6.32. The summed E-state index contributed by atoms with van der Waals surface area (Å²) in [5.41, 5.74) is 3.38. The van der Waals surface area contributed by atoms with Crippen LogP contribution in [0.25, 0.3) is 27.8 Å². The monoisotopic (exact) mass is 626 g/mol. The average Bonchev–Trinajstić information content (AvgIpc) is 3.55. The van der Waals surface area contributed by atoms with Crippen molar-refractivity contribution in [1.82, 2.24) is 29.3 Å². The lowest BCUT2D eigenvalue weighted by Crippen LogP contribution is -2.61. The molecule has 6 aromatic rings. The second-order valence-electron chi connectivity index (χ2n) is 11.5.